The van der Waals surface area contributed by atoms with Crippen molar-refractivity contribution in [3.63, 3.8) is 0 Å². The largest absolute Gasteiger partial charge is 0.399 e. The van der Waals surface area contributed by atoms with Gasteiger partial charge in [0.2, 0.25) is 0 Å². The first-order valence-electron chi connectivity index (χ1n) is 7.24. The van der Waals surface area contributed by atoms with Crippen LogP contribution in [0.5, 0.6) is 0 Å². The molecule has 0 aliphatic rings. The molecule has 0 radical (unpaired) electrons. The molecule has 112 valence electrons. The Hall–Kier alpha value is -2.62. The number of rotatable bonds is 2. The standard InChI is InChI=1S/C18H19N3O/c1-18(2,3)16(22)13-8-12-9-15(21-17(12)20-10-13)11-4-6-14(19)7-5-11/h4-10H,19H2,1-3H3,(H,20,21). The van der Waals surface area contributed by atoms with Crippen LogP contribution in [0.15, 0.2) is 42.6 Å². The molecular weight excluding hydrogens is 274 g/mol. The molecule has 3 aromatic rings. The molecule has 0 bridgehead atoms. The summed E-state index contributed by atoms with van der Waals surface area (Å²) in [4.78, 5) is 20.0. The van der Waals surface area contributed by atoms with Gasteiger partial charge in [-0.2, -0.15) is 0 Å². The molecule has 0 unspecified atom stereocenters. The Balaban J connectivity index is 2.04. The number of carbonyl (C=O) groups is 1. The number of nitrogens with zero attached hydrogens (tertiary/aromatic N) is 1. The molecular formula is C18H19N3O. The quantitative estimate of drug-likeness (QED) is 0.553. The Labute approximate surface area is 129 Å². The zero-order valence-corrected chi connectivity index (χ0v) is 13.0. The number of aromatic amines is 1. The Kier molecular flexibility index (Phi) is 3.24. The van der Waals surface area contributed by atoms with Gasteiger partial charge < -0.3 is 10.7 Å². The van der Waals surface area contributed by atoms with Crippen LogP contribution in [-0.2, 0) is 0 Å². The molecule has 0 saturated carbocycles. The molecule has 0 saturated heterocycles. The van der Waals surface area contributed by atoms with Gasteiger partial charge in [-0.3, -0.25) is 4.79 Å². The lowest BCUT2D eigenvalue weighted by atomic mass is 9.87. The highest BCUT2D eigenvalue weighted by atomic mass is 16.1. The van der Waals surface area contributed by atoms with E-state index in [-0.39, 0.29) is 5.78 Å². The van der Waals surface area contributed by atoms with Gasteiger partial charge in [-0.1, -0.05) is 32.9 Å². The average Bonchev–Trinajstić information content (AvgIpc) is 2.89. The van der Waals surface area contributed by atoms with Gasteiger partial charge in [0.1, 0.15) is 5.65 Å². The summed E-state index contributed by atoms with van der Waals surface area (Å²) in [6.07, 6.45) is 1.64. The van der Waals surface area contributed by atoms with E-state index in [1.807, 2.05) is 57.2 Å². The van der Waals surface area contributed by atoms with Crippen LogP contribution in [0.1, 0.15) is 31.1 Å². The maximum atomic E-state index is 12.4. The third-order valence-corrected chi connectivity index (χ3v) is 3.64. The lowest BCUT2D eigenvalue weighted by Crippen LogP contribution is -2.20. The normalized spacial score (nSPS) is 11.8. The number of nitrogens with one attached hydrogen (secondary N) is 1. The van der Waals surface area contributed by atoms with Crippen molar-refractivity contribution < 1.29 is 4.79 Å². The number of H-pyrrole nitrogens is 1. The highest BCUT2D eigenvalue weighted by molar-refractivity contribution is 6.02. The van der Waals surface area contributed by atoms with Crippen molar-refractivity contribution in [1.29, 1.82) is 0 Å². The predicted octanol–water partition coefficient (Wildman–Crippen LogP) is 4.04. The number of anilines is 1. The number of pyridine rings is 1. The van der Waals surface area contributed by atoms with Crippen molar-refractivity contribution in [2.45, 2.75) is 20.8 Å². The van der Waals surface area contributed by atoms with Crippen LogP contribution in [0.4, 0.5) is 5.69 Å². The number of nitrogen functional groups attached to an aromatic ring is 1. The van der Waals surface area contributed by atoms with Crippen LogP contribution in [0.25, 0.3) is 22.3 Å². The van der Waals surface area contributed by atoms with Gasteiger partial charge in [0.25, 0.3) is 0 Å². The molecule has 0 spiro atoms. The van der Waals surface area contributed by atoms with Gasteiger partial charge in [0, 0.05) is 33.9 Å². The van der Waals surface area contributed by atoms with Crippen molar-refractivity contribution in [2.24, 2.45) is 5.41 Å². The number of Topliss-reactive ketones (excluding diaryl/α,β-unsaturated/α-hetero) is 1. The minimum absolute atomic E-state index is 0.0946. The summed E-state index contributed by atoms with van der Waals surface area (Å²) >= 11 is 0. The molecule has 0 atom stereocenters. The fourth-order valence-electron chi connectivity index (χ4n) is 2.39. The van der Waals surface area contributed by atoms with E-state index in [0.29, 0.717) is 5.56 Å². The molecule has 3 rings (SSSR count). The van der Waals surface area contributed by atoms with Gasteiger partial charge in [0.05, 0.1) is 0 Å². The highest BCUT2D eigenvalue weighted by Crippen LogP contribution is 2.26. The Morgan fingerprint density at radius 2 is 1.82 bits per heavy atom. The second kappa shape index (κ2) is 4.98. The number of fused-ring (bicyclic) bond motifs is 1. The average molecular weight is 293 g/mol. The van der Waals surface area contributed by atoms with Crippen molar-refractivity contribution in [3.05, 3.63) is 48.2 Å². The Morgan fingerprint density at radius 1 is 1.14 bits per heavy atom. The minimum atomic E-state index is -0.411. The molecule has 22 heavy (non-hydrogen) atoms. The fraction of sp³-hybridized carbons (Fsp3) is 0.222. The van der Waals surface area contributed by atoms with E-state index in [1.165, 1.54) is 0 Å². The number of carbonyl (C=O) groups excluding carboxylic acids is 1. The minimum Gasteiger partial charge on any atom is -0.399 e. The van der Waals surface area contributed by atoms with E-state index in [4.69, 9.17) is 5.73 Å². The Bertz CT molecular complexity index is 839. The van der Waals surface area contributed by atoms with Crippen LogP contribution >= 0.6 is 0 Å². The van der Waals surface area contributed by atoms with E-state index in [2.05, 4.69) is 9.97 Å². The van der Waals surface area contributed by atoms with Gasteiger partial charge in [-0.25, -0.2) is 4.98 Å². The third kappa shape index (κ3) is 2.60. The van der Waals surface area contributed by atoms with Crippen LogP contribution in [0, 0.1) is 5.41 Å². The summed E-state index contributed by atoms with van der Waals surface area (Å²) in [6.45, 7) is 5.74. The molecule has 4 heteroatoms. The summed E-state index contributed by atoms with van der Waals surface area (Å²) in [7, 11) is 0. The molecule has 4 nitrogen and oxygen atoms in total. The van der Waals surface area contributed by atoms with Gasteiger partial charge in [-0.15, -0.1) is 0 Å². The first-order valence-corrected chi connectivity index (χ1v) is 7.24. The summed E-state index contributed by atoms with van der Waals surface area (Å²) < 4.78 is 0. The molecule has 2 heterocycles. The fourth-order valence-corrected chi connectivity index (χ4v) is 2.39. The number of ketones is 1. The van der Waals surface area contributed by atoms with Crippen LogP contribution in [-0.4, -0.2) is 15.8 Å². The third-order valence-electron chi connectivity index (χ3n) is 3.64. The van der Waals surface area contributed by atoms with Crippen LogP contribution < -0.4 is 5.73 Å². The SMILES string of the molecule is CC(C)(C)C(=O)c1cnc2[nH]c(-c3ccc(N)cc3)cc2c1. The monoisotopic (exact) mass is 293 g/mol. The second-order valence-electron chi connectivity index (χ2n) is 6.55. The zero-order chi connectivity index (χ0) is 15.9. The Morgan fingerprint density at radius 3 is 2.45 bits per heavy atom. The number of aromatic nitrogens is 2. The number of nitrogens with two attached hydrogens (primary N) is 1. The zero-order valence-electron chi connectivity index (χ0n) is 13.0. The van der Waals surface area contributed by atoms with Gasteiger partial charge in [-0.05, 0) is 29.8 Å². The van der Waals surface area contributed by atoms with E-state index in [9.17, 15) is 4.79 Å². The van der Waals surface area contributed by atoms with Crippen LogP contribution in [0.3, 0.4) is 0 Å². The lowest BCUT2D eigenvalue weighted by molar-refractivity contribution is 0.0858. The first kappa shape index (κ1) is 14.3. The van der Waals surface area contributed by atoms with E-state index in [0.717, 1.165) is 28.0 Å². The maximum absolute atomic E-state index is 12.4. The summed E-state index contributed by atoms with van der Waals surface area (Å²) in [6, 6.07) is 11.6. The lowest BCUT2D eigenvalue weighted by Gasteiger charge is -2.16. The molecule has 1 aromatic carbocycles. The molecule has 3 N–H and O–H groups in total. The first-order chi connectivity index (χ1) is 10.3. The maximum Gasteiger partial charge on any atom is 0.169 e. The smallest absolute Gasteiger partial charge is 0.169 e. The molecule has 2 aromatic heterocycles. The van der Waals surface area contributed by atoms with E-state index < -0.39 is 5.41 Å². The number of benzene rings is 1. The van der Waals surface area contributed by atoms with Crippen molar-refractivity contribution in [2.75, 3.05) is 5.73 Å². The van der Waals surface area contributed by atoms with Gasteiger partial charge >= 0.3 is 0 Å². The van der Waals surface area contributed by atoms with Crippen LogP contribution in [0.2, 0.25) is 0 Å². The van der Waals surface area contributed by atoms with Crippen molar-refractivity contribution in [1.82, 2.24) is 9.97 Å². The van der Waals surface area contributed by atoms with E-state index >= 15 is 0 Å². The number of hydrogen-bond donors (Lipinski definition) is 2. The molecule has 0 aliphatic heterocycles. The molecule has 0 amide bonds. The van der Waals surface area contributed by atoms with E-state index in [1.54, 1.807) is 6.20 Å². The predicted molar refractivity (Wildman–Crippen MR) is 89.7 cm³/mol. The summed E-state index contributed by atoms with van der Waals surface area (Å²) in [5.41, 5.74) is 9.45. The molecule has 0 fully saturated rings. The van der Waals surface area contributed by atoms with Crippen molar-refractivity contribution >= 4 is 22.5 Å². The summed E-state index contributed by atoms with van der Waals surface area (Å²) in [5, 5.41) is 0.932. The second-order valence-corrected chi connectivity index (χ2v) is 6.55. The topological polar surface area (TPSA) is 71.8 Å². The highest BCUT2D eigenvalue weighted by Gasteiger charge is 2.23. The van der Waals surface area contributed by atoms with Gasteiger partial charge in [0.15, 0.2) is 5.78 Å². The summed E-state index contributed by atoms with van der Waals surface area (Å²) in [5.74, 6) is 0.0946. The molecule has 0 aliphatic carbocycles. The number of hydrogen-bond acceptors (Lipinski definition) is 3. The van der Waals surface area contributed by atoms with Crippen molar-refractivity contribution in [3.8, 4) is 11.3 Å².